The molecule has 1 aromatic heterocycles. The summed E-state index contributed by atoms with van der Waals surface area (Å²) in [6.45, 7) is 0.0772. The summed E-state index contributed by atoms with van der Waals surface area (Å²) >= 11 is 20.3. The summed E-state index contributed by atoms with van der Waals surface area (Å²) in [5.74, 6) is 0.0980. The lowest BCUT2D eigenvalue weighted by Crippen LogP contribution is -2.27. The minimum absolute atomic E-state index is 0.0772. The second kappa shape index (κ2) is 9.12. The molecule has 1 aliphatic rings. The predicted molar refractivity (Wildman–Crippen MR) is 122 cm³/mol. The van der Waals surface area contributed by atoms with Crippen molar-refractivity contribution in [3.63, 3.8) is 0 Å². The van der Waals surface area contributed by atoms with Gasteiger partial charge < -0.3 is 4.42 Å². The lowest BCUT2D eigenvalue weighted by molar-refractivity contribution is -0.123. The van der Waals surface area contributed by atoms with Gasteiger partial charge in [-0.1, -0.05) is 52.6 Å². The lowest BCUT2D eigenvalue weighted by atomic mass is 10.2. The highest BCUT2D eigenvalue weighted by Crippen LogP contribution is 2.36. The Morgan fingerprint density at radius 1 is 0.967 bits per heavy atom. The maximum atomic E-state index is 12.7. The number of nitrogens with zero attached hydrogens (tertiary/aromatic N) is 1. The van der Waals surface area contributed by atoms with Crippen LogP contribution in [-0.4, -0.2) is 16.0 Å². The summed E-state index contributed by atoms with van der Waals surface area (Å²) in [7, 11) is 0. The van der Waals surface area contributed by atoms with Gasteiger partial charge in [-0.05, 0) is 65.9 Å². The quantitative estimate of drug-likeness (QED) is 0.340. The molecule has 4 rings (SSSR count). The van der Waals surface area contributed by atoms with Crippen LogP contribution in [0, 0.1) is 0 Å². The van der Waals surface area contributed by atoms with Gasteiger partial charge in [-0.3, -0.25) is 14.5 Å². The van der Waals surface area contributed by atoms with Crippen molar-refractivity contribution in [2.45, 2.75) is 16.5 Å². The molecule has 2 heterocycles. The van der Waals surface area contributed by atoms with E-state index < -0.39 is 0 Å². The van der Waals surface area contributed by atoms with Crippen molar-refractivity contribution < 1.29 is 14.0 Å². The third-order valence-electron chi connectivity index (χ3n) is 4.12. The zero-order valence-electron chi connectivity index (χ0n) is 15.1. The summed E-state index contributed by atoms with van der Waals surface area (Å²) in [4.78, 5) is 27.5. The first kappa shape index (κ1) is 21.4. The van der Waals surface area contributed by atoms with Gasteiger partial charge in [0.15, 0.2) is 5.09 Å². The van der Waals surface area contributed by atoms with Crippen LogP contribution in [0.2, 0.25) is 15.1 Å². The first-order chi connectivity index (χ1) is 14.4. The number of carbonyl (C=O) groups is 2. The molecule has 30 heavy (non-hydrogen) atoms. The maximum Gasteiger partial charge on any atom is 0.293 e. The van der Waals surface area contributed by atoms with Gasteiger partial charge in [0, 0.05) is 26.0 Å². The van der Waals surface area contributed by atoms with E-state index in [4.69, 9.17) is 39.2 Å². The summed E-state index contributed by atoms with van der Waals surface area (Å²) in [6.07, 6.45) is 1.57. The molecule has 4 nitrogen and oxygen atoms in total. The van der Waals surface area contributed by atoms with Crippen molar-refractivity contribution in [3.05, 3.63) is 85.9 Å². The van der Waals surface area contributed by atoms with E-state index in [0.717, 1.165) is 21.6 Å². The van der Waals surface area contributed by atoms with Crippen molar-refractivity contribution in [1.29, 1.82) is 0 Å². The zero-order chi connectivity index (χ0) is 21.3. The van der Waals surface area contributed by atoms with Crippen molar-refractivity contribution in [3.8, 4) is 0 Å². The molecule has 0 saturated carbocycles. The first-order valence-corrected chi connectivity index (χ1v) is 11.4. The average Bonchev–Trinajstić information content (AvgIpc) is 3.25. The molecule has 2 aromatic carbocycles. The summed E-state index contributed by atoms with van der Waals surface area (Å²) in [5.41, 5.74) is 0.643. The molecule has 0 radical (unpaired) electrons. The number of imide groups is 1. The number of benzene rings is 2. The molecular formula is C21H12Cl3NO3S2. The molecule has 1 aliphatic heterocycles. The van der Waals surface area contributed by atoms with Crippen molar-refractivity contribution >= 4 is 75.5 Å². The molecular weight excluding hydrogens is 485 g/mol. The van der Waals surface area contributed by atoms with Gasteiger partial charge in [0.2, 0.25) is 0 Å². The predicted octanol–water partition coefficient (Wildman–Crippen LogP) is 7.63. The van der Waals surface area contributed by atoms with Crippen molar-refractivity contribution in [2.75, 3.05) is 0 Å². The Balaban J connectivity index is 1.48. The first-order valence-electron chi connectivity index (χ1n) is 8.61. The largest absolute Gasteiger partial charge is 0.450 e. The molecule has 0 N–H and O–H groups in total. The number of hydrogen-bond acceptors (Lipinski definition) is 5. The van der Waals surface area contributed by atoms with Crippen LogP contribution in [0.1, 0.15) is 11.3 Å². The second-order valence-electron chi connectivity index (χ2n) is 6.22. The molecule has 152 valence electrons. The standard InChI is InChI=1S/C21H12Cl3NO3S2/c22-13-3-6-16(7-4-13)29-19-8-5-15(28-19)10-18-20(26)25(21(27)30-18)11-12-1-2-14(23)9-17(12)24/h1-10H,11H2/b18-10-. The van der Waals surface area contributed by atoms with Gasteiger partial charge in [0.25, 0.3) is 11.1 Å². The number of furan rings is 1. The molecule has 1 fully saturated rings. The van der Waals surface area contributed by atoms with E-state index in [2.05, 4.69) is 0 Å². The number of hydrogen-bond donors (Lipinski definition) is 0. The van der Waals surface area contributed by atoms with Gasteiger partial charge in [0.05, 0.1) is 11.4 Å². The Hall–Kier alpha value is -1.83. The lowest BCUT2D eigenvalue weighted by Gasteiger charge is -2.13. The fourth-order valence-corrected chi connectivity index (χ4v) is 4.86. The van der Waals surface area contributed by atoms with Crippen LogP contribution < -0.4 is 0 Å². The Bertz CT molecular complexity index is 1160. The van der Waals surface area contributed by atoms with Gasteiger partial charge in [-0.15, -0.1) is 0 Å². The highest BCUT2D eigenvalue weighted by atomic mass is 35.5. The minimum atomic E-state index is -0.390. The van der Waals surface area contributed by atoms with E-state index in [9.17, 15) is 9.59 Å². The highest BCUT2D eigenvalue weighted by Gasteiger charge is 2.35. The summed E-state index contributed by atoms with van der Waals surface area (Å²) < 4.78 is 5.77. The topological polar surface area (TPSA) is 50.5 Å². The van der Waals surface area contributed by atoms with E-state index >= 15 is 0 Å². The molecule has 0 atom stereocenters. The van der Waals surface area contributed by atoms with Crippen LogP contribution in [0.25, 0.3) is 6.08 Å². The van der Waals surface area contributed by atoms with Gasteiger partial charge in [-0.25, -0.2) is 0 Å². The second-order valence-corrected chi connectivity index (χ2v) is 9.57. The molecule has 2 amide bonds. The van der Waals surface area contributed by atoms with Gasteiger partial charge in [0.1, 0.15) is 5.76 Å². The maximum absolute atomic E-state index is 12.7. The Morgan fingerprint density at radius 3 is 2.43 bits per heavy atom. The molecule has 0 aliphatic carbocycles. The number of carbonyl (C=O) groups excluding carboxylic acids is 2. The van der Waals surface area contributed by atoms with Crippen molar-refractivity contribution in [1.82, 2.24) is 4.90 Å². The Morgan fingerprint density at radius 2 is 1.70 bits per heavy atom. The van der Waals surface area contributed by atoms with E-state index in [1.54, 1.807) is 42.5 Å². The summed E-state index contributed by atoms with van der Waals surface area (Å²) in [5, 5.41) is 1.86. The number of amides is 2. The summed E-state index contributed by atoms with van der Waals surface area (Å²) in [6, 6.07) is 15.9. The Kier molecular flexibility index (Phi) is 6.51. The van der Waals surface area contributed by atoms with Crippen LogP contribution in [0.3, 0.4) is 0 Å². The molecule has 9 heteroatoms. The van der Waals surface area contributed by atoms with Crippen molar-refractivity contribution in [2.24, 2.45) is 0 Å². The monoisotopic (exact) mass is 495 g/mol. The third kappa shape index (κ3) is 4.90. The normalized spacial score (nSPS) is 15.4. The number of halogens is 3. The average molecular weight is 497 g/mol. The third-order valence-corrected chi connectivity index (χ3v) is 6.80. The fourth-order valence-electron chi connectivity index (χ4n) is 2.67. The SMILES string of the molecule is O=C1S/C(=C\c2ccc(Sc3ccc(Cl)cc3)o2)C(=O)N1Cc1ccc(Cl)cc1Cl. The molecule has 3 aromatic rings. The number of rotatable bonds is 5. The Labute approximate surface area is 196 Å². The van der Waals surface area contributed by atoms with Crippen LogP contribution >= 0.6 is 58.3 Å². The molecule has 0 spiro atoms. The molecule has 1 saturated heterocycles. The van der Waals surface area contributed by atoms with E-state index in [0.29, 0.717) is 36.4 Å². The van der Waals surface area contributed by atoms with Crippen LogP contribution in [0.4, 0.5) is 4.79 Å². The highest BCUT2D eigenvalue weighted by molar-refractivity contribution is 8.18. The van der Waals surface area contributed by atoms with Crippen LogP contribution in [0.15, 0.2) is 73.9 Å². The number of thioether (sulfide) groups is 1. The van der Waals surface area contributed by atoms with Gasteiger partial charge in [-0.2, -0.15) is 0 Å². The van der Waals surface area contributed by atoms with E-state index in [1.807, 2.05) is 18.2 Å². The van der Waals surface area contributed by atoms with E-state index in [-0.39, 0.29) is 17.7 Å². The molecule has 0 bridgehead atoms. The van der Waals surface area contributed by atoms with Gasteiger partial charge >= 0.3 is 0 Å². The molecule has 0 unspecified atom stereocenters. The minimum Gasteiger partial charge on any atom is -0.450 e. The smallest absolute Gasteiger partial charge is 0.293 e. The van der Waals surface area contributed by atoms with Crippen LogP contribution in [0.5, 0.6) is 0 Å². The zero-order valence-corrected chi connectivity index (χ0v) is 19.0. The van der Waals surface area contributed by atoms with E-state index in [1.165, 1.54) is 11.8 Å². The van der Waals surface area contributed by atoms with Crippen LogP contribution in [-0.2, 0) is 11.3 Å². The fraction of sp³-hybridized carbons (Fsp3) is 0.0476.